The summed E-state index contributed by atoms with van der Waals surface area (Å²) in [6, 6.07) is 10.6. The molecule has 0 unspecified atom stereocenters. The predicted molar refractivity (Wildman–Crippen MR) is 95.8 cm³/mol. The molecule has 0 radical (unpaired) electrons. The maximum absolute atomic E-state index is 14.5. The molecule has 128 valence electrons. The smallest absolute Gasteiger partial charge is 0.178 e. The Labute approximate surface area is 152 Å². The fourth-order valence-corrected chi connectivity index (χ4v) is 3.50. The highest BCUT2D eigenvalue weighted by Gasteiger charge is 2.20. The second kappa shape index (κ2) is 6.65. The molecule has 0 saturated carbocycles. The van der Waals surface area contributed by atoms with E-state index in [1.807, 2.05) is 24.3 Å². The van der Waals surface area contributed by atoms with Gasteiger partial charge in [0.1, 0.15) is 16.5 Å². The Bertz CT molecular complexity index is 1050. The summed E-state index contributed by atoms with van der Waals surface area (Å²) in [5, 5.41) is 0. The Hall–Kier alpha value is -2.12. The highest BCUT2D eigenvalue weighted by Crippen LogP contribution is 2.35. The molecule has 0 N–H and O–H groups in total. The predicted octanol–water partition coefficient (Wildman–Crippen LogP) is 4.86. The summed E-state index contributed by atoms with van der Waals surface area (Å²) in [7, 11) is -3.86. The first-order chi connectivity index (χ1) is 11.8. The van der Waals surface area contributed by atoms with E-state index in [4.69, 9.17) is 0 Å². The van der Waals surface area contributed by atoms with Gasteiger partial charge in [0.15, 0.2) is 9.84 Å². The first kappa shape index (κ1) is 17.7. The molecule has 0 aliphatic rings. The van der Waals surface area contributed by atoms with Gasteiger partial charge in [0.2, 0.25) is 0 Å². The van der Waals surface area contributed by atoms with Crippen molar-refractivity contribution in [3.8, 4) is 22.3 Å². The van der Waals surface area contributed by atoms with E-state index < -0.39 is 26.4 Å². The van der Waals surface area contributed by atoms with Gasteiger partial charge >= 0.3 is 0 Å². The average molecular weight is 424 g/mol. The van der Waals surface area contributed by atoms with Crippen LogP contribution in [0.4, 0.5) is 8.78 Å². The van der Waals surface area contributed by atoms with Crippen LogP contribution in [-0.4, -0.2) is 19.7 Å². The molecule has 0 atom stereocenters. The number of aromatic nitrogens is 1. The van der Waals surface area contributed by atoms with Gasteiger partial charge in [-0.05, 0) is 41.5 Å². The number of nitrogens with zero attached hydrogens (tertiary/aromatic N) is 1. The largest absolute Gasteiger partial charge is 0.264 e. The van der Waals surface area contributed by atoms with Gasteiger partial charge in [0.25, 0.3) is 0 Å². The van der Waals surface area contributed by atoms with Crippen molar-refractivity contribution >= 4 is 25.8 Å². The van der Waals surface area contributed by atoms with Crippen LogP contribution in [0.25, 0.3) is 22.3 Å². The summed E-state index contributed by atoms with van der Waals surface area (Å²) in [4.78, 5) is 3.33. The van der Waals surface area contributed by atoms with Crippen molar-refractivity contribution in [2.24, 2.45) is 0 Å². The maximum Gasteiger partial charge on any atom is 0.178 e. The summed E-state index contributed by atoms with van der Waals surface area (Å²) in [5.41, 5.74) is 1.79. The van der Waals surface area contributed by atoms with E-state index in [1.54, 1.807) is 12.3 Å². The van der Waals surface area contributed by atoms with Crippen molar-refractivity contribution in [1.29, 1.82) is 0 Å². The maximum atomic E-state index is 14.5. The van der Waals surface area contributed by atoms with Gasteiger partial charge in [-0.25, -0.2) is 17.2 Å². The summed E-state index contributed by atoms with van der Waals surface area (Å²) >= 11 is 3.35. The topological polar surface area (TPSA) is 47.0 Å². The van der Waals surface area contributed by atoms with Crippen molar-refractivity contribution in [2.75, 3.05) is 6.26 Å². The molecule has 7 heteroatoms. The van der Waals surface area contributed by atoms with Gasteiger partial charge in [-0.3, -0.25) is 4.98 Å². The minimum absolute atomic E-state index is 0.0454. The fourth-order valence-electron chi connectivity index (χ4n) is 2.51. The highest BCUT2D eigenvalue weighted by atomic mass is 79.9. The molecule has 1 aromatic heterocycles. The number of hydrogen-bond acceptors (Lipinski definition) is 3. The standard InChI is InChI=1S/C18H12BrF2NO2S/c1-25(23,24)18-9-16(20)14(8-17(18)21)15-10-22-7-6-13(15)11-2-4-12(19)5-3-11/h2-10H,1H3. The minimum Gasteiger partial charge on any atom is -0.264 e. The molecule has 0 aliphatic heterocycles. The van der Waals surface area contributed by atoms with E-state index in [1.165, 1.54) is 6.20 Å². The molecule has 25 heavy (non-hydrogen) atoms. The van der Waals surface area contributed by atoms with E-state index in [9.17, 15) is 17.2 Å². The zero-order valence-electron chi connectivity index (χ0n) is 13.0. The molecule has 0 bridgehead atoms. The number of sulfone groups is 1. The Morgan fingerprint density at radius 1 is 0.920 bits per heavy atom. The lowest BCUT2D eigenvalue weighted by molar-refractivity contribution is 0.557. The third kappa shape index (κ3) is 3.62. The van der Waals surface area contributed by atoms with Crippen LogP contribution in [0.5, 0.6) is 0 Å². The zero-order chi connectivity index (χ0) is 18.2. The summed E-state index contributed by atoms with van der Waals surface area (Å²) in [6.07, 6.45) is 3.82. The first-order valence-corrected chi connectivity index (χ1v) is 9.85. The van der Waals surface area contributed by atoms with E-state index in [-0.39, 0.29) is 5.56 Å². The minimum atomic E-state index is -3.86. The second-order valence-electron chi connectivity index (χ2n) is 5.46. The van der Waals surface area contributed by atoms with Crippen LogP contribution < -0.4 is 0 Å². The molecular formula is C18H12BrF2NO2S. The van der Waals surface area contributed by atoms with E-state index in [0.29, 0.717) is 17.2 Å². The summed E-state index contributed by atoms with van der Waals surface area (Å²) in [5.74, 6) is -1.82. The number of hydrogen-bond donors (Lipinski definition) is 0. The molecule has 2 aromatic carbocycles. The number of pyridine rings is 1. The molecular weight excluding hydrogens is 412 g/mol. The van der Waals surface area contributed by atoms with Crippen molar-refractivity contribution < 1.29 is 17.2 Å². The van der Waals surface area contributed by atoms with Gasteiger partial charge in [0.05, 0.1) is 0 Å². The SMILES string of the molecule is CS(=O)(=O)c1cc(F)c(-c2cnccc2-c2ccc(Br)cc2)cc1F. The molecule has 3 aromatic rings. The Balaban J connectivity index is 2.22. The van der Waals surface area contributed by atoms with E-state index in [0.717, 1.165) is 22.4 Å². The van der Waals surface area contributed by atoms with Crippen LogP contribution in [0.3, 0.4) is 0 Å². The third-order valence-electron chi connectivity index (χ3n) is 3.69. The summed E-state index contributed by atoms with van der Waals surface area (Å²) < 4.78 is 52.8. The Morgan fingerprint density at radius 2 is 1.60 bits per heavy atom. The fraction of sp³-hybridized carbons (Fsp3) is 0.0556. The monoisotopic (exact) mass is 423 g/mol. The van der Waals surface area contributed by atoms with Crippen LogP contribution in [-0.2, 0) is 9.84 Å². The third-order valence-corrected chi connectivity index (χ3v) is 5.33. The Kier molecular flexibility index (Phi) is 4.71. The lowest BCUT2D eigenvalue weighted by Crippen LogP contribution is -2.03. The van der Waals surface area contributed by atoms with Gasteiger partial charge in [-0.15, -0.1) is 0 Å². The van der Waals surface area contributed by atoms with Crippen LogP contribution in [0, 0.1) is 11.6 Å². The number of rotatable bonds is 3. The van der Waals surface area contributed by atoms with Gasteiger partial charge in [-0.2, -0.15) is 0 Å². The van der Waals surface area contributed by atoms with Crippen molar-refractivity contribution in [2.45, 2.75) is 4.90 Å². The Morgan fingerprint density at radius 3 is 2.24 bits per heavy atom. The lowest BCUT2D eigenvalue weighted by atomic mass is 9.96. The van der Waals surface area contributed by atoms with E-state index >= 15 is 0 Å². The quantitative estimate of drug-likeness (QED) is 0.604. The van der Waals surface area contributed by atoms with Crippen molar-refractivity contribution in [1.82, 2.24) is 4.98 Å². The zero-order valence-corrected chi connectivity index (χ0v) is 15.4. The van der Waals surface area contributed by atoms with Crippen molar-refractivity contribution in [3.05, 3.63) is 71.0 Å². The highest BCUT2D eigenvalue weighted by molar-refractivity contribution is 9.10. The first-order valence-electron chi connectivity index (χ1n) is 7.17. The number of halogens is 3. The average Bonchev–Trinajstić information content (AvgIpc) is 2.56. The second-order valence-corrected chi connectivity index (χ2v) is 8.36. The van der Waals surface area contributed by atoms with Crippen LogP contribution in [0.2, 0.25) is 0 Å². The van der Waals surface area contributed by atoms with Gasteiger partial charge in [0, 0.05) is 34.2 Å². The molecule has 3 nitrogen and oxygen atoms in total. The normalized spacial score (nSPS) is 11.5. The van der Waals surface area contributed by atoms with Gasteiger partial charge in [-0.1, -0.05) is 28.1 Å². The molecule has 0 amide bonds. The van der Waals surface area contributed by atoms with Gasteiger partial charge < -0.3 is 0 Å². The van der Waals surface area contributed by atoms with E-state index in [2.05, 4.69) is 20.9 Å². The molecule has 1 heterocycles. The molecule has 0 aliphatic carbocycles. The van der Waals surface area contributed by atoms with Crippen LogP contribution in [0.1, 0.15) is 0 Å². The molecule has 0 spiro atoms. The lowest BCUT2D eigenvalue weighted by Gasteiger charge is -2.12. The number of benzene rings is 2. The van der Waals surface area contributed by atoms with Crippen molar-refractivity contribution in [3.63, 3.8) is 0 Å². The molecule has 0 saturated heterocycles. The summed E-state index contributed by atoms with van der Waals surface area (Å²) in [6.45, 7) is 0. The molecule has 3 rings (SSSR count). The van der Waals surface area contributed by atoms with Crippen LogP contribution >= 0.6 is 15.9 Å². The molecule has 0 fully saturated rings. The van der Waals surface area contributed by atoms with Crippen LogP contribution in [0.15, 0.2) is 64.2 Å².